The Morgan fingerprint density at radius 1 is 1.10 bits per heavy atom. The highest BCUT2D eigenvalue weighted by atomic mass is 16.5. The summed E-state index contributed by atoms with van der Waals surface area (Å²) in [6.45, 7) is 0.421. The first-order chi connectivity index (χ1) is 10.3. The Kier molecular flexibility index (Phi) is 3.17. The van der Waals surface area contributed by atoms with Crippen molar-refractivity contribution in [1.82, 2.24) is 0 Å². The molecule has 0 unspecified atom stereocenters. The monoisotopic (exact) mass is 281 g/mol. The molecule has 1 fully saturated rings. The molecule has 3 heteroatoms. The van der Waals surface area contributed by atoms with Crippen LogP contribution in [0.25, 0.3) is 0 Å². The van der Waals surface area contributed by atoms with Gasteiger partial charge in [0.2, 0.25) is 0 Å². The molecule has 0 aromatic heterocycles. The molecule has 1 saturated heterocycles. The van der Waals surface area contributed by atoms with Gasteiger partial charge in [-0.1, -0.05) is 48.5 Å². The van der Waals surface area contributed by atoms with Crippen LogP contribution in [0, 0.1) is 0 Å². The van der Waals surface area contributed by atoms with Crippen molar-refractivity contribution >= 4 is 5.69 Å². The quantitative estimate of drug-likeness (QED) is 0.889. The number of hydrogen-bond acceptors (Lipinski definition) is 3. The number of anilines is 1. The minimum absolute atomic E-state index is 0.105. The molecule has 2 aromatic rings. The van der Waals surface area contributed by atoms with E-state index in [1.807, 2.05) is 6.07 Å². The van der Waals surface area contributed by atoms with Crippen LogP contribution in [-0.2, 0) is 11.2 Å². The van der Waals surface area contributed by atoms with Gasteiger partial charge in [0.25, 0.3) is 0 Å². The average molecular weight is 281 g/mol. The number of ether oxygens (including phenoxy) is 1. The summed E-state index contributed by atoms with van der Waals surface area (Å²) in [6, 6.07) is 17.0. The van der Waals surface area contributed by atoms with Crippen molar-refractivity contribution in [3.05, 3.63) is 65.2 Å². The Labute approximate surface area is 124 Å². The van der Waals surface area contributed by atoms with Crippen molar-refractivity contribution in [2.24, 2.45) is 0 Å². The highest BCUT2D eigenvalue weighted by Gasteiger charge is 2.36. The Bertz CT molecular complexity index is 641. The van der Waals surface area contributed by atoms with Crippen LogP contribution in [0.4, 0.5) is 5.69 Å². The van der Waals surface area contributed by atoms with Gasteiger partial charge in [-0.05, 0) is 17.5 Å². The van der Waals surface area contributed by atoms with Crippen molar-refractivity contribution in [1.29, 1.82) is 0 Å². The van der Waals surface area contributed by atoms with E-state index in [1.54, 1.807) is 0 Å². The predicted octanol–water partition coefficient (Wildman–Crippen LogP) is 2.89. The first-order valence-electron chi connectivity index (χ1n) is 7.53. The maximum atomic E-state index is 10.0. The van der Waals surface area contributed by atoms with Crippen LogP contribution in [0.3, 0.4) is 0 Å². The number of nitrogens with one attached hydrogen (secondary N) is 1. The highest BCUT2D eigenvalue weighted by molar-refractivity contribution is 5.62. The summed E-state index contributed by atoms with van der Waals surface area (Å²) in [5, 5.41) is 13.6. The Balaban J connectivity index is 1.71. The van der Waals surface area contributed by atoms with Gasteiger partial charge in [-0.15, -0.1) is 0 Å². The van der Waals surface area contributed by atoms with Crippen LogP contribution in [0.1, 0.15) is 29.2 Å². The first kappa shape index (κ1) is 12.9. The van der Waals surface area contributed by atoms with E-state index >= 15 is 0 Å². The molecule has 2 N–H and O–H groups in total. The summed E-state index contributed by atoms with van der Waals surface area (Å²) < 4.78 is 5.80. The summed E-state index contributed by atoms with van der Waals surface area (Å²) in [5.74, 6) is 0. The van der Waals surface area contributed by atoms with E-state index in [-0.39, 0.29) is 12.1 Å². The molecule has 0 saturated carbocycles. The van der Waals surface area contributed by atoms with Crippen LogP contribution in [0.5, 0.6) is 0 Å². The molecule has 0 radical (unpaired) electrons. The number of rotatable bonds is 2. The van der Waals surface area contributed by atoms with Crippen molar-refractivity contribution in [2.45, 2.75) is 31.1 Å². The molecule has 21 heavy (non-hydrogen) atoms. The number of aliphatic hydroxyl groups excluding tert-OH is 1. The van der Waals surface area contributed by atoms with Gasteiger partial charge in [-0.3, -0.25) is 0 Å². The van der Waals surface area contributed by atoms with E-state index in [9.17, 15) is 5.11 Å². The van der Waals surface area contributed by atoms with Crippen LogP contribution < -0.4 is 5.32 Å². The first-order valence-corrected chi connectivity index (χ1v) is 7.53. The molecular formula is C18H19NO2. The summed E-state index contributed by atoms with van der Waals surface area (Å²) in [6.07, 6.45) is 1.44. The fourth-order valence-corrected chi connectivity index (χ4v) is 3.37. The Hall–Kier alpha value is -1.84. The molecule has 0 aliphatic carbocycles. The molecule has 2 bridgehead atoms. The molecule has 2 aliphatic heterocycles. The van der Waals surface area contributed by atoms with E-state index in [0.717, 1.165) is 18.5 Å². The molecule has 2 heterocycles. The van der Waals surface area contributed by atoms with E-state index < -0.39 is 6.10 Å². The van der Waals surface area contributed by atoms with Crippen molar-refractivity contribution in [3.63, 3.8) is 0 Å². The summed E-state index contributed by atoms with van der Waals surface area (Å²) in [5.41, 5.74) is 4.95. The van der Waals surface area contributed by atoms with Gasteiger partial charge in [0.15, 0.2) is 0 Å². The minimum atomic E-state index is -0.417. The normalized spacial score (nSPS) is 26.8. The lowest BCUT2D eigenvalue weighted by Crippen LogP contribution is -2.46. The van der Waals surface area contributed by atoms with E-state index in [2.05, 4.69) is 47.8 Å². The minimum Gasteiger partial charge on any atom is -0.389 e. The fraction of sp³-hybridized carbons (Fsp3) is 0.333. The number of aliphatic hydroxyl groups is 1. The lowest BCUT2D eigenvalue weighted by Gasteiger charge is -2.41. The summed E-state index contributed by atoms with van der Waals surface area (Å²) in [4.78, 5) is 0. The third kappa shape index (κ3) is 2.33. The Morgan fingerprint density at radius 2 is 1.95 bits per heavy atom. The van der Waals surface area contributed by atoms with E-state index in [0.29, 0.717) is 6.61 Å². The maximum absolute atomic E-state index is 10.0. The molecular weight excluding hydrogens is 262 g/mol. The van der Waals surface area contributed by atoms with Crippen molar-refractivity contribution in [2.75, 3.05) is 11.9 Å². The predicted molar refractivity (Wildman–Crippen MR) is 82.4 cm³/mol. The zero-order chi connectivity index (χ0) is 14.2. The molecule has 2 aliphatic rings. The standard InChI is InChI=1S/C18H19NO2/c20-16-11-21-17-10-15(16)19-18-13(7-4-8-14(17)18)9-12-5-2-1-3-6-12/h1-8,15-17,19-20H,9-11H2/t15-,16+,17-/m0/s1. The fourth-order valence-electron chi connectivity index (χ4n) is 3.37. The van der Waals surface area contributed by atoms with Gasteiger partial charge in [-0.25, -0.2) is 0 Å². The van der Waals surface area contributed by atoms with Crippen molar-refractivity contribution < 1.29 is 9.84 Å². The van der Waals surface area contributed by atoms with Gasteiger partial charge in [0.05, 0.1) is 24.9 Å². The second-order valence-corrected chi connectivity index (χ2v) is 5.92. The number of benzene rings is 2. The maximum Gasteiger partial charge on any atom is 0.0975 e. The zero-order valence-electron chi connectivity index (χ0n) is 11.8. The molecule has 3 nitrogen and oxygen atoms in total. The third-order valence-electron chi connectivity index (χ3n) is 4.50. The SMILES string of the molecule is O[C@@H]1CO[C@H]2C[C@@H]1Nc1c(Cc3ccccc3)cccc12. The number of hydrogen-bond donors (Lipinski definition) is 2. The smallest absolute Gasteiger partial charge is 0.0975 e. The van der Waals surface area contributed by atoms with Crippen LogP contribution in [0.2, 0.25) is 0 Å². The lowest BCUT2D eigenvalue weighted by atomic mass is 9.87. The average Bonchev–Trinajstić information content (AvgIpc) is 2.53. The lowest BCUT2D eigenvalue weighted by molar-refractivity contribution is -0.0672. The van der Waals surface area contributed by atoms with E-state index in [4.69, 9.17) is 4.74 Å². The van der Waals surface area contributed by atoms with Gasteiger partial charge in [0, 0.05) is 17.7 Å². The van der Waals surface area contributed by atoms with Crippen LogP contribution in [-0.4, -0.2) is 23.9 Å². The summed E-state index contributed by atoms with van der Waals surface area (Å²) in [7, 11) is 0. The largest absolute Gasteiger partial charge is 0.389 e. The molecule has 2 aromatic carbocycles. The number of fused-ring (bicyclic) bond motifs is 4. The van der Waals surface area contributed by atoms with Crippen LogP contribution in [0.15, 0.2) is 48.5 Å². The van der Waals surface area contributed by atoms with Gasteiger partial charge in [-0.2, -0.15) is 0 Å². The van der Waals surface area contributed by atoms with E-state index in [1.165, 1.54) is 16.7 Å². The topological polar surface area (TPSA) is 41.5 Å². The molecule has 0 spiro atoms. The zero-order valence-corrected chi connectivity index (χ0v) is 11.8. The summed E-state index contributed by atoms with van der Waals surface area (Å²) >= 11 is 0. The molecule has 3 atom stereocenters. The van der Waals surface area contributed by atoms with Crippen LogP contribution >= 0.6 is 0 Å². The van der Waals surface area contributed by atoms with Gasteiger partial charge in [0.1, 0.15) is 0 Å². The third-order valence-corrected chi connectivity index (χ3v) is 4.50. The molecule has 0 amide bonds. The van der Waals surface area contributed by atoms with Gasteiger partial charge < -0.3 is 15.2 Å². The highest BCUT2D eigenvalue weighted by Crippen LogP contribution is 2.41. The molecule has 4 rings (SSSR count). The van der Waals surface area contributed by atoms with Gasteiger partial charge >= 0.3 is 0 Å². The second kappa shape index (κ2) is 5.17. The van der Waals surface area contributed by atoms with Crippen molar-refractivity contribution in [3.8, 4) is 0 Å². The Morgan fingerprint density at radius 3 is 2.81 bits per heavy atom. The molecule has 108 valence electrons. The second-order valence-electron chi connectivity index (χ2n) is 5.92. The number of para-hydroxylation sites is 1.